The first kappa shape index (κ1) is 17.5. The Morgan fingerprint density at radius 2 is 2.24 bits per heavy atom. The Bertz CT molecular complexity index is 806. The van der Waals surface area contributed by atoms with Crippen LogP contribution >= 0.6 is 11.8 Å². The van der Waals surface area contributed by atoms with Gasteiger partial charge in [0.25, 0.3) is 0 Å². The molecule has 0 aliphatic heterocycles. The first-order chi connectivity index (χ1) is 12.1. The van der Waals surface area contributed by atoms with Crippen LogP contribution in [-0.2, 0) is 4.79 Å². The summed E-state index contributed by atoms with van der Waals surface area (Å²) >= 11 is 1.41. The van der Waals surface area contributed by atoms with Crippen LogP contribution in [0.15, 0.2) is 29.7 Å². The molecular formula is C18H21N5OS. The average molecular weight is 355 g/mol. The highest BCUT2D eigenvalue weighted by Gasteiger charge is 2.27. The first-order valence-corrected chi connectivity index (χ1v) is 9.36. The third-order valence-corrected chi connectivity index (χ3v) is 5.36. The van der Waals surface area contributed by atoms with Gasteiger partial charge < -0.3 is 9.47 Å². The zero-order valence-corrected chi connectivity index (χ0v) is 15.3. The van der Waals surface area contributed by atoms with Crippen molar-refractivity contribution in [2.75, 3.05) is 17.2 Å². The Morgan fingerprint density at radius 3 is 2.96 bits per heavy atom. The van der Waals surface area contributed by atoms with Crippen LogP contribution in [0.2, 0.25) is 0 Å². The van der Waals surface area contributed by atoms with E-state index in [4.69, 9.17) is 5.26 Å². The summed E-state index contributed by atoms with van der Waals surface area (Å²) in [5.41, 5.74) is 3.08. The van der Waals surface area contributed by atoms with Gasteiger partial charge in [-0.3, -0.25) is 4.79 Å². The summed E-state index contributed by atoms with van der Waals surface area (Å²) in [5.74, 6) is 0.267. The van der Waals surface area contributed by atoms with E-state index >= 15 is 0 Å². The van der Waals surface area contributed by atoms with E-state index in [1.165, 1.54) is 11.8 Å². The number of hydrogen-bond donors (Lipinski definition) is 0. The standard InChI is InChI=1S/C18H21N5OS/c1-13-5-3-6-16(14(13)2)22(10-4-9-19)17(24)11-25-18-21-20-12-23(18)15-7-8-15/h3,5-6,12,15H,4,7-8,10-11H2,1-2H3. The predicted octanol–water partition coefficient (Wildman–Crippen LogP) is 3.27. The molecule has 1 fully saturated rings. The van der Waals surface area contributed by atoms with Crippen molar-refractivity contribution >= 4 is 23.4 Å². The number of amides is 1. The van der Waals surface area contributed by atoms with Crippen LogP contribution in [-0.4, -0.2) is 33.0 Å². The molecule has 0 unspecified atom stereocenters. The Balaban J connectivity index is 1.74. The number of benzene rings is 1. The molecule has 1 saturated carbocycles. The van der Waals surface area contributed by atoms with Crippen LogP contribution in [0.1, 0.15) is 36.4 Å². The van der Waals surface area contributed by atoms with Crippen LogP contribution in [0.4, 0.5) is 5.69 Å². The molecule has 0 radical (unpaired) electrons. The molecule has 25 heavy (non-hydrogen) atoms. The summed E-state index contributed by atoms with van der Waals surface area (Å²) in [5, 5.41) is 17.8. The fraction of sp³-hybridized carbons (Fsp3) is 0.444. The van der Waals surface area contributed by atoms with Crippen molar-refractivity contribution in [2.45, 2.75) is 44.3 Å². The van der Waals surface area contributed by atoms with Crippen LogP contribution < -0.4 is 4.90 Å². The maximum Gasteiger partial charge on any atom is 0.237 e. The Kier molecular flexibility index (Phi) is 5.39. The normalized spacial score (nSPS) is 13.5. The number of anilines is 1. The zero-order valence-electron chi connectivity index (χ0n) is 14.5. The SMILES string of the molecule is Cc1cccc(N(CCC#N)C(=O)CSc2nncn2C2CC2)c1C. The quantitative estimate of drug-likeness (QED) is 0.713. The minimum absolute atomic E-state index is 0.0145. The van der Waals surface area contributed by atoms with Crippen molar-refractivity contribution in [1.82, 2.24) is 14.8 Å². The summed E-state index contributed by atoms with van der Waals surface area (Å²) in [6, 6.07) is 8.53. The van der Waals surface area contributed by atoms with Crippen molar-refractivity contribution in [3.8, 4) is 6.07 Å². The summed E-state index contributed by atoms with van der Waals surface area (Å²) in [6.45, 7) is 4.43. The fourth-order valence-electron chi connectivity index (χ4n) is 2.71. The highest BCUT2D eigenvalue weighted by atomic mass is 32.2. The third-order valence-electron chi connectivity index (χ3n) is 4.42. The van der Waals surface area contributed by atoms with Gasteiger partial charge in [0.15, 0.2) is 5.16 Å². The maximum atomic E-state index is 12.8. The second-order valence-electron chi connectivity index (χ2n) is 6.21. The average Bonchev–Trinajstić information content (AvgIpc) is 3.35. The van der Waals surface area contributed by atoms with Gasteiger partial charge in [0.2, 0.25) is 5.91 Å². The molecule has 1 aliphatic carbocycles. The van der Waals surface area contributed by atoms with E-state index in [1.807, 2.05) is 32.0 Å². The maximum absolute atomic E-state index is 12.8. The van der Waals surface area contributed by atoms with Gasteiger partial charge in [-0.2, -0.15) is 5.26 Å². The number of aryl methyl sites for hydroxylation is 1. The van der Waals surface area contributed by atoms with Crippen LogP contribution in [0.5, 0.6) is 0 Å². The highest BCUT2D eigenvalue weighted by Crippen LogP contribution is 2.37. The van der Waals surface area contributed by atoms with E-state index in [0.29, 0.717) is 19.0 Å². The molecule has 0 atom stereocenters. The van der Waals surface area contributed by atoms with Crippen LogP contribution in [0.25, 0.3) is 0 Å². The van der Waals surface area contributed by atoms with Gasteiger partial charge in [0.1, 0.15) is 6.33 Å². The van der Waals surface area contributed by atoms with E-state index in [0.717, 1.165) is 34.8 Å². The number of hydrogen-bond acceptors (Lipinski definition) is 5. The molecule has 1 aliphatic rings. The van der Waals surface area contributed by atoms with E-state index in [2.05, 4.69) is 20.8 Å². The fourth-order valence-corrected chi connectivity index (χ4v) is 3.57. The van der Waals surface area contributed by atoms with E-state index in [-0.39, 0.29) is 11.7 Å². The number of carbonyl (C=O) groups is 1. The second kappa shape index (κ2) is 7.70. The molecule has 1 amide bonds. The van der Waals surface area contributed by atoms with E-state index in [9.17, 15) is 4.79 Å². The van der Waals surface area contributed by atoms with E-state index < -0.39 is 0 Å². The van der Waals surface area contributed by atoms with Crippen molar-refractivity contribution in [3.63, 3.8) is 0 Å². The minimum Gasteiger partial charge on any atom is -0.310 e. The lowest BCUT2D eigenvalue weighted by atomic mass is 10.1. The molecule has 0 saturated heterocycles. The lowest BCUT2D eigenvalue weighted by Gasteiger charge is -2.24. The molecule has 1 aromatic carbocycles. The van der Waals surface area contributed by atoms with Gasteiger partial charge in [-0.05, 0) is 43.9 Å². The minimum atomic E-state index is -0.0145. The predicted molar refractivity (Wildman–Crippen MR) is 97.5 cm³/mol. The molecule has 1 aromatic heterocycles. The molecule has 3 rings (SSSR count). The summed E-state index contributed by atoms with van der Waals surface area (Å²) < 4.78 is 2.05. The lowest BCUT2D eigenvalue weighted by Crippen LogP contribution is -2.34. The molecule has 0 N–H and O–H groups in total. The number of carbonyl (C=O) groups excluding carboxylic acids is 1. The van der Waals surface area contributed by atoms with Crippen molar-refractivity contribution in [1.29, 1.82) is 5.26 Å². The van der Waals surface area contributed by atoms with Gasteiger partial charge in [0.05, 0.1) is 18.2 Å². The summed E-state index contributed by atoms with van der Waals surface area (Å²) in [7, 11) is 0. The third kappa shape index (κ3) is 4.02. The van der Waals surface area contributed by atoms with Gasteiger partial charge >= 0.3 is 0 Å². The smallest absolute Gasteiger partial charge is 0.237 e. The molecule has 2 aromatic rings. The Labute approximate surface area is 151 Å². The molecule has 0 bridgehead atoms. The molecule has 130 valence electrons. The van der Waals surface area contributed by atoms with Gasteiger partial charge in [-0.15, -0.1) is 10.2 Å². The second-order valence-corrected chi connectivity index (χ2v) is 7.16. The van der Waals surface area contributed by atoms with Crippen molar-refractivity contribution in [3.05, 3.63) is 35.7 Å². The monoisotopic (exact) mass is 355 g/mol. The molecule has 7 heteroatoms. The van der Waals surface area contributed by atoms with Gasteiger partial charge in [-0.1, -0.05) is 23.9 Å². The number of aromatic nitrogens is 3. The lowest BCUT2D eigenvalue weighted by molar-refractivity contribution is -0.116. The number of nitrogens with zero attached hydrogens (tertiary/aromatic N) is 5. The highest BCUT2D eigenvalue weighted by molar-refractivity contribution is 7.99. The summed E-state index contributed by atoms with van der Waals surface area (Å²) in [6.07, 6.45) is 4.34. The van der Waals surface area contributed by atoms with Crippen LogP contribution in [0, 0.1) is 25.2 Å². The van der Waals surface area contributed by atoms with Crippen LogP contribution in [0.3, 0.4) is 0 Å². The number of nitriles is 1. The molecule has 1 heterocycles. The van der Waals surface area contributed by atoms with Gasteiger partial charge in [0, 0.05) is 18.3 Å². The first-order valence-electron chi connectivity index (χ1n) is 8.37. The topological polar surface area (TPSA) is 74.8 Å². The number of rotatable bonds is 7. The molecule has 0 spiro atoms. The summed E-state index contributed by atoms with van der Waals surface area (Å²) in [4.78, 5) is 14.6. The van der Waals surface area contributed by atoms with Crippen molar-refractivity contribution in [2.24, 2.45) is 0 Å². The molecular weight excluding hydrogens is 334 g/mol. The largest absolute Gasteiger partial charge is 0.310 e. The number of thioether (sulfide) groups is 1. The molecule has 6 nitrogen and oxygen atoms in total. The zero-order chi connectivity index (χ0) is 17.8. The van der Waals surface area contributed by atoms with Gasteiger partial charge in [-0.25, -0.2) is 0 Å². The Morgan fingerprint density at radius 1 is 1.44 bits per heavy atom. The Hall–Kier alpha value is -2.33. The van der Waals surface area contributed by atoms with E-state index in [1.54, 1.807) is 11.2 Å². The van der Waals surface area contributed by atoms with Crippen molar-refractivity contribution < 1.29 is 4.79 Å².